The molecular formula is C26H32FN5O2. The van der Waals surface area contributed by atoms with Crippen LogP contribution >= 0.6 is 0 Å². The molecule has 5 rings (SSSR count). The number of hydrogen-bond donors (Lipinski definition) is 3. The van der Waals surface area contributed by atoms with Gasteiger partial charge in [0, 0.05) is 17.3 Å². The van der Waals surface area contributed by atoms with Crippen LogP contribution < -0.4 is 16.0 Å². The van der Waals surface area contributed by atoms with Gasteiger partial charge in [-0.3, -0.25) is 4.79 Å². The number of anilines is 2. The van der Waals surface area contributed by atoms with Gasteiger partial charge in [-0.2, -0.15) is 0 Å². The third kappa shape index (κ3) is 6.87. The number of carbonyl (C=O) groups is 1. The zero-order chi connectivity index (χ0) is 23.6. The van der Waals surface area contributed by atoms with Gasteiger partial charge in [0.1, 0.15) is 5.82 Å². The lowest BCUT2D eigenvalue weighted by atomic mass is 9.96. The molecule has 1 aliphatic carbocycles. The highest BCUT2D eigenvalue weighted by atomic mass is 19.1. The molecule has 0 bridgehead atoms. The number of rotatable bonds is 5. The summed E-state index contributed by atoms with van der Waals surface area (Å²) in [6.45, 7) is 2.50. The summed E-state index contributed by atoms with van der Waals surface area (Å²) in [6, 6.07) is 13.7. The van der Waals surface area contributed by atoms with Crippen molar-refractivity contribution in [2.75, 3.05) is 23.7 Å². The van der Waals surface area contributed by atoms with E-state index in [1.807, 2.05) is 0 Å². The lowest BCUT2D eigenvalue weighted by Gasteiger charge is -2.21. The molecule has 1 aromatic heterocycles. The van der Waals surface area contributed by atoms with Crippen LogP contribution in [0.15, 0.2) is 52.9 Å². The van der Waals surface area contributed by atoms with Crippen LogP contribution in [-0.2, 0) is 0 Å². The van der Waals surface area contributed by atoms with Gasteiger partial charge in [-0.15, -0.1) is 5.10 Å². The average Bonchev–Trinajstić information content (AvgIpc) is 3.35. The van der Waals surface area contributed by atoms with Gasteiger partial charge in [0.15, 0.2) is 0 Å². The summed E-state index contributed by atoms with van der Waals surface area (Å²) in [5.74, 6) is -0.645. The molecule has 7 nitrogen and oxygen atoms in total. The second kappa shape index (κ2) is 12.3. The van der Waals surface area contributed by atoms with Crippen LogP contribution in [0, 0.1) is 5.82 Å². The molecule has 1 aliphatic heterocycles. The Hall–Kier alpha value is -3.26. The monoisotopic (exact) mass is 465 g/mol. The summed E-state index contributed by atoms with van der Waals surface area (Å²) in [6.07, 6.45) is 10.2. The van der Waals surface area contributed by atoms with Gasteiger partial charge >= 0.3 is 6.01 Å². The van der Waals surface area contributed by atoms with Crippen molar-refractivity contribution in [3.63, 3.8) is 0 Å². The Kier molecular flexibility index (Phi) is 8.62. The van der Waals surface area contributed by atoms with E-state index in [1.54, 1.807) is 36.4 Å². The highest BCUT2D eigenvalue weighted by molar-refractivity contribution is 6.04. The van der Waals surface area contributed by atoms with Crippen LogP contribution in [0.3, 0.4) is 0 Å². The first-order valence-corrected chi connectivity index (χ1v) is 12.2. The number of nitrogens with one attached hydrogen (secondary N) is 3. The number of hydrogen-bond acceptors (Lipinski definition) is 6. The van der Waals surface area contributed by atoms with Crippen molar-refractivity contribution < 1.29 is 13.6 Å². The van der Waals surface area contributed by atoms with Crippen LogP contribution in [-0.4, -0.2) is 35.2 Å². The van der Waals surface area contributed by atoms with Crippen LogP contribution in [0.25, 0.3) is 11.5 Å². The first-order chi connectivity index (χ1) is 16.7. The predicted molar refractivity (Wildman–Crippen MR) is 131 cm³/mol. The third-order valence-corrected chi connectivity index (χ3v) is 6.07. The van der Waals surface area contributed by atoms with Crippen LogP contribution in [0.5, 0.6) is 0 Å². The van der Waals surface area contributed by atoms with E-state index < -0.39 is 11.7 Å². The normalized spacial score (nSPS) is 16.3. The summed E-state index contributed by atoms with van der Waals surface area (Å²) in [5, 5.41) is 17.4. The zero-order valence-corrected chi connectivity index (χ0v) is 19.4. The molecule has 1 saturated carbocycles. The molecule has 1 amide bonds. The molecule has 0 spiro atoms. The highest BCUT2D eigenvalue weighted by Crippen LogP contribution is 2.25. The number of carbonyl (C=O) groups excluding carboxylic acids is 1. The molecule has 0 unspecified atom stereocenters. The summed E-state index contributed by atoms with van der Waals surface area (Å²) in [5.41, 5.74) is 1.30. The summed E-state index contributed by atoms with van der Waals surface area (Å²) in [4.78, 5) is 12.2. The average molecular weight is 466 g/mol. The second-order valence-corrected chi connectivity index (χ2v) is 8.71. The summed E-state index contributed by atoms with van der Waals surface area (Å²) in [7, 11) is 0. The van der Waals surface area contributed by atoms with Crippen molar-refractivity contribution in [3.8, 4) is 11.5 Å². The minimum Gasteiger partial charge on any atom is -0.403 e. The van der Waals surface area contributed by atoms with Crippen molar-refractivity contribution in [1.29, 1.82) is 0 Å². The van der Waals surface area contributed by atoms with Gasteiger partial charge < -0.3 is 20.4 Å². The lowest BCUT2D eigenvalue weighted by molar-refractivity contribution is 0.102. The topological polar surface area (TPSA) is 92.1 Å². The molecule has 3 N–H and O–H groups in total. The Balaban J connectivity index is 0.000000398. The summed E-state index contributed by atoms with van der Waals surface area (Å²) >= 11 is 0. The first kappa shape index (κ1) is 23.9. The smallest absolute Gasteiger partial charge is 0.315 e. The second-order valence-electron chi connectivity index (χ2n) is 8.71. The molecule has 2 fully saturated rings. The van der Waals surface area contributed by atoms with E-state index in [1.165, 1.54) is 63.7 Å². The van der Waals surface area contributed by atoms with E-state index in [2.05, 4.69) is 26.1 Å². The van der Waals surface area contributed by atoms with E-state index in [0.717, 1.165) is 18.4 Å². The van der Waals surface area contributed by atoms with Gasteiger partial charge in [-0.05, 0) is 75.2 Å². The molecule has 1 saturated heterocycles. The Morgan fingerprint density at radius 3 is 2.26 bits per heavy atom. The van der Waals surface area contributed by atoms with Gasteiger partial charge in [0.25, 0.3) is 5.91 Å². The van der Waals surface area contributed by atoms with E-state index in [9.17, 15) is 9.18 Å². The fraction of sp³-hybridized carbons (Fsp3) is 0.423. The molecule has 0 radical (unpaired) electrons. The molecule has 8 heteroatoms. The van der Waals surface area contributed by atoms with Crippen LogP contribution in [0.2, 0.25) is 0 Å². The molecule has 2 aliphatic rings. The largest absolute Gasteiger partial charge is 0.403 e. The maximum Gasteiger partial charge on any atom is 0.315 e. The Morgan fingerprint density at radius 1 is 0.912 bits per heavy atom. The lowest BCUT2D eigenvalue weighted by Crippen LogP contribution is -2.22. The predicted octanol–water partition coefficient (Wildman–Crippen LogP) is 5.63. The SMILES string of the molecule is C1CCNCC1.O=C(Nc1ccc(-c2nnc(NC3CCCCC3)o2)cc1)c1ccccc1F. The van der Waals surface area contributed by atoms with Gasteiger partial charge in [-0.25, -0.2) is 4.39 Å². The van der Waals surface area contributed by atoms with Crippen molar-refractivity contribution in [2.24, 2.45) is 0 Å². The quantitative estimate of drug-likeness (QED) is 0.452. The van der Waals surface area contributed by atoms with E-state index in [0.29, 0.717) is 23.6 Å². The number of piperidine rings is 1. The van der Waals surface area contributed by atoms with Gasteiger partial charge in [-0.1, -0.05) is 42.9 Å². The van der Waals surface area contributed by atoms with E-state index >= 15 is 0 Å². The van der Waals surface area contributed by atoms with Crippen LogP contribution in [0.4, 0.5) is 16.1 Å². The standard InChI is InChI=1S/C21H21FN4O2.C5H11N/c22-18-9-5-4-8-17(18)19(27)23-16-12-10-14(11-13-16)20-25-26-21(28-20)24-15-6-2-1-3-7-15;1-2-4-6-5-3-1/h4-5,8-13,15H,1-3,6-7H2,(H,23,27)(H,24,26);6H,1-5H2. The van der Waals surface area contributed by atoms with Crippen molar-refractivity contribution in [1.82, 2.24) is 15.5 Å². The van der Waals surface area contributed by atoms with Crippen LogP contribution in [0.1, 0.15) is 61.7 Å². The summed E-state index contributed by atoms with van der Waals surface area (Å²) < 4.78 is 19.4. The van der Waals surface area contributed by atoms with E-state index in [-0.39, 0.29) is 5.56 Å². The maximum absolute atomic E-state index is 13.7. The minimum atomic E-state index is -0.555. The number of amides is 1. The van der Waals surface area contributed by atoms with Gasteiger partial charge in [0.05, 0.1) is 5.56 Å². The van der Waals surface area contributed by atoms with Crippen molar-refractivity contribution >= 4 is 17.6 Å². The first-order valence-electron chi connectivity index (χ1n) is 12.2. The fourth-order valence-electron chi connectivity index (χ4n) is 4.16. The molecule has 3 aromatic rings. The minimum absolute atomic E-state index is 0.00177. The Morgan fingerprint density at radius 2 is 1.62 bits per heavy atom. The van der Waals surface area contributed by atoms with Gasteiger partial charge in [0.2, 0.25) is 5.89 Å². The zero-order valence-electron chi connectivity index (χ0n) is 19.4. The van der Waals surface area contributed by atoms with E-state index in [4.69, 9.17) is 4.42 Å². The Labute approximate surface area is 199 Å². The third-order valence-electron chi connectivity index (χ3n) is 6.07. The number of benzene rings is 2. The molecular weight excluding hydrogens is 433 g/mol. The molecule has 2 heterocycles. The van der Waals surface area contributed by atoms with Crippen molar-refractivity contribution in [2.45, 2.75) is 57.4 Å². The number of nitrogens with zero attached hydrogens (tertiary/aromatic N) is 2. The fourth-order valence-corrected chi connectivity index (χ4v) is 4.16. The molecule has 34 heavy (non-hydrogen) atoms. The Bertz CT molecular complexity index is 1030. The number of aromatic nitrogens is 2. The molecule has 180 valence electrons. The number of halogens is 1. The maximum atomic E-state index is 13.7. The van der Waals surface area contributed by atoms with Crippen molar-refractivity contribution in [3.05, 3.63) is 59.9 Å². The highest BCUT2D eigenvalue weighted by Gasteiger charge is 2.17. The molecule has 2 aromatic carbocycles. The molecule has 0 atom stereocenters.